The van der Waals surface area contributed by atoms with Crippen LogP contribution >= 0.6 is 23.6 Å². The van der Waals surface area contributed by atoms with Crippen molar-refractivity contribution in [2.45, 2.75) is 45.8 Å². The lowest BCUT2D eigenvalue weighted by Gasteiger charge is -2.30. The molecular weight excluding hydrogens is 390 g/mol. The summed E-state index contributed by atoms with van der Waals surface area (Å²) in [4.78, 5) is 15.6. The number of ether oxygens (including phenoxy) is 1. The number of amides is 1. The van der Waals surface area contributed by atoms with E-state index in [1.807, 2.05) is 30.0 Å². The Morgan fingerprint density at radius 1 is 1.43 bits per heavy atom. The molecule has 2 heterocycles. The molecule has 1 atom stereocenters. The Balaban J connectivity index is 1.74. The highest BCUT2D eigenvalue weighted by atomic mass is 32.1. The van der Waals surface area contributed by atoms with Crippen LogP contribution in [0.3, 0.4) is 0 Å². The first-order valence-corrected chi connectivity index (χ1v) is 10.6. The number of thiocarbonyl (C=S) groups is 1. The third kappa shape index (κ3) is 4.51. The summed E-state index contributed by atoms with van der Waals surface area (Å²) in [6.45, 7) is 5.47. The Bertz CT molecular complexity index is 902. The molecule has 1 amide bonds. The molecule has 0 bridgehead atoms. The van der Waals surface area contributed by atoms with Crippen LogP contribution < -0.4 is 5.32 Å². The van der Waals surface area contributed by atoms with Gasteiger partial charge in [0.2, 0.25) is 0 Å². The summed E-state index contributed by atoms with van der Waals surface area (Å²) in [5, 5.41) is 13.7. The van der Waals surface area contributed by atoms with Crippen molar-refractivity contribution in [3.05, 3.63) is 51.9 Å². The molecule has 0 saturated heterocycles. The van der Waals surface area contributed by atoms with Crippen LogP contribution in [0.1, 0.15) is 53.1 Å². The van der Waals surface area contributed by atoms with E-state index < -0.39 is 0 Å². The van der Waals surface area contributed by atoms with E-state index in [1.165, 1.54) is 11.3 Å². The van der Waals surface area contributed by atoms with Crippen LogP contribution in [0.25, 0.3) is 0 Å². The summed E-state index contributed by atoms with van der Waals surface area (Å²) >= 11 is 6.92. The molecule has 28 heavy (non-hydrogen) atoms. The molecule has 7 heteroatoms. The van der Waals surface area contributed by atoms with Gasteiger partial charge in [-0.15, -0.1) is 11.3 Å². The number of fused-ring (bicyclic) bond motifs is 1. The van der Waals surface area contributed by atoms with Gasteiger partial charge in [-0.05, 0) is 49.7 Å². The number of hydrogen-bond donors (Lipinski definition) is 1. The van der Waals surface area contributed by atoms with Gasteiger partial charge in [-0.2, -0.15) is 5.26 Å². The SMILES string of the molecule is CCCC(C)OC(=S)N1CCc2c(sc(NC(=O)c3ccccc3)c2C#N)C1. The number of nitrogens with one attached hydrogen (secondary N) is 1. The average molecular weight is 414 g/mol. The lowest BCUT2D eigenvalue weighted by molar-refractivity contribution is 0.102. The zero-order valence-corrected chi connectivity index (χ0v) is 17.7. The number of benzene rings is 1. The van der Waals surface area contributed by atoms with Gasteiger partial charge in [-0.25, -0.2) is 0 Å². The zero-order chi connectivity index (χ0) is 20.1. The second-order valence-electron chi connectivity index (χ2n) is 6.79. The van der Waals surface area contributed by atoms with E-state index >= 15 is 0 Å². The number of carbonyl (C=O) groups is 1. The topological polar surface area (TPSA) is 65.4 Å². The lowest BCUT2D eigenvalue weighted by Crippen LogP contribution is -2.37. The molecule has 0 spiro atoms. The average Bonchev–Trinajstić information content (AvgIpc) is 3.04. The van der Waals surface area contributed by atoms with Crippen molar-refractivity contribution >= 4 is 39.6 Å². The maximum atomic E-state index is 12.5. The predicted molar refractivity (Wildman–Crippen MR) is 116 cm³/mol. The van der Waals surface area contributed by atoms with Crippen molar-refractivity contribution in [3.8, 4) is 6.07 Å². The lowest BCUT2D eigenvalue weighted by atomic mass is 10.0. The number of nitriles is 1. The Morgan fingerprint density at radius 3 is 2.86 bits per heavy atom. The van der Waals surface area contributed by atoms with Gasteiger partial charge in [0, 0.05) is 17.0 Å². The summed E-state index contributed by atoms with van der Waals surface area (Å²) in [6.07, 6.45) is 2.82. The normalized spacial score (nSPS) is 14.0. The molecule has 0 radical (unpaired) electrons. The van der Waals surface area contributed by atoms with Crippen LogP contribution in [0, 0.1) is 11.3 Å². The molecule has 3 rings (SSSR count). The fraction of sp³-hybridized carbons (Fsp3) is 0.381. The molecule has 0 fully saturated rings. The predicted octanol–water partition coefficient (Wildman–Crippen LogP) is 4.72. The van der Waals surface area contributed by atoms with Crippen LogP contribution in [0.4, 0.5) is 5.00 Å². The highest BCUT2D eigenvalue weighted by Crippen LogP contribution is 2.37. The van der Waals surface area contributed by atoms with Crippen LogP contribution in [-0.2, 0) is 17.7 Å². The van der Waals surface area contributed by atoms with E-state index in [0.717, 1.165) is 23.3 Å². The standard InChI is InChI=1S/C21H23N3O2S2/c1-3-7-14(2)26-21(27)24-11-10-16-17(12-22)20(28-18(16)13-24)23-19(25)15-8-5-4-6-9-15/h4-6,8-9,14H,3,7,10-11,13H2,1-2H3,(H,23,25). The van der Waals surface area contributed by atoms with E-state index in [4.69, 9.17) is 17.0 Å². The summed E-state index contributed by atoms with van der Waals surface area (Å²) in [7, 11) is 0. The molecule has 0 saturated carbocycles. The second kappa shape index (κ2) is 9.18. The Hall–Kier alpha value is -2.43. The van der Waals surface area contributed by atoms with Gasteiger partial charge in [-0.1, -0.05) is 31.5 Å². The quantitative estimate of drug-likeness (QED) is 0.719. The second-order valence-corrected chi connectivity index (χ2v) is 8.25. The molecule has 1 aliphatic heterocycles. The van der Waals surface area contributed by atoms with Gasteiger partial charge in [0.1, 0.15) is 11.1 Å². The molecule has 0 aliphatic carbocycles. The first kappa shape index (κ1) is 20.3. The van der Waals surface area contributed by atoms with Crippen LogP contribution in [0.2, 0.25) is 0 Å². The first-order chi connectivity index (χ1) is 13.5. The monoisotopic (exact) mass is 413 g/mol. The maximum Gasteiger partial charge on any atom is 0.259 e. The summed E-state index contributed by atoms with van der Waals surface area (Å²) in [6, 6.07) is 11.3. The van der Waals surface area contributed by atoms with Crippen molar-refractivity contribution in [1.82, 2.24) is 4.90 Å². The van der Waals surface area contributed by atoms with Crippen LogP contribution in [0.15, 0.2) is 30.3 Å². The van der Waals surface area contributed by atoms with Crippen LogP contribution in [-0.4, -0.2) is 28.6 Å². The third-order valence-corrected chi connectivity index (χ3v) is 6.17. The molecule has 1 N–H and O–H groups in total. The minimum Gasteiger partial charge on any atom is -0.468 e. The van der Waals surface area contributed by atoms with E-state index in [9.17, 15) is 10.1 Å². The first-order valence-electron chi connectivity index (χ1n) is 9.40. The number of nitrogens with zero attached hydrogens (tertiary/aromatic N) is 2. The molecule has 1 unspecified atom stereocenters. The van der Waals surface area contributed by atoms with Gasteiger partial charge in [0.15, 0.2) is 0 Å². The largest absolute Gasteiger partial charge is 0.468 e. The van der Waals surface area contributed by atoms with E-state index in [0.29, 0.717) is 40.8 Å². The van der Waals surface area contributed by atoms with Gasteiger partial charge in [0.25, 0.3) is 11.1 Å². The summed E-state index contributed by atoms with van der Waals surface area (Å²) in [5.74, 6) is -0.209. The number of hydrogen-bond acceptors (Lipinski definition) is 5. The van der Waals surface area contributed by atoms with Crippen molar-refractivity contribution in [1.29, 1.82) is 5.26 Å². The maximum absolute atomic E-state index is 12.5. The van der Waals surface area contributed by atoms with Crippen molar-refractivity contribution in [3.63, 3.8) is 0 Å². The molecule has 1 aromatic heterocycles. The Labute approximate surface area is 174 Å². The van der Waals surface area contributed by atoms with E-state index in [2.05, 4.69) is 18.3 Å². The molecule has 146 valence electrons. The molecular formula is C21H23N3O2S2. The summed E-state index contributed by atoms with van der Waals surface area (Å²) < 4.78 is 5.86. The van der Waals surface area contributed by atoms with Crippen molar-refractivity contribution in [2.75, 3.05) is 11.9 Å². The highest BCUT2D eigenvalue weighted by Gasteiger charge is 2.27. The molecule has 1 aliphatic rings. The molecule has 5 nitrogen and oxygen atoms in total. The number of carbonyl (C=O) groups excluding carboxylic acids is 1. The fourth-order valence-electron chi connectivity index (χ4n) is 3.24. The minimum atomic E-state index is -0.209. The minimum absolute atomic E-state index is 0.0950. The molecule has 2 aromatic rings. The van der Waals surface area contributed by atoms with Gasteiger partial charge in [-0.3, -0.25) is 4.79 Å². The smallest absolute Gasteiger partial charge is 0.259 e. The number of anilines is 1. The number of rotatable bonds is 5. The van der Waals surface area contributed by atoms with Crippen molar-refractivity contribution in [2.24, 2.45) is 0 Å². The highest BCUT2D eigenvalue weighted by molar-refractivity contribution is 7.80. The van der Waals surface area contributed by atoms with Gasteiger partial charge in [0.05, 0.1) is 18.2 Å². The Morgan fingerprint density at radius 2 is 2.18 bits per heavy atom. The molecule has 1 aromatic carbocycles. The third-order valence-electron chi connectivity index (χ3n) is 4.69. The van der Waals surface area contributed by atoms with Gasteiger partial charge < -0.3 is 15.0 Å². The van der Waals surface area contributed by atoms with Crippen molar-refractivity contribution < 1.29 is 9.53 Å². The summed E-state index contributed by atoms with van der Waals surface area (Å²) in [5.41, 5.74) is 2.14. The number of thiophene rings is 1. The van der Waals surface area contributed by atoms with Crippen LogP contribution in [0.5, 0.6) is 0 Å². The fourth-order valence-corrected chi connectivity index (χ4v) is 4.77. The van der Waals surface area contributed by atoms with E-state index in [1.54, 1.807) is 12.1 Å². The Kier molecular flexibility index (Phi) is 6.65. The van der Waals surface area contributed by atoms with E-state index in [-0.39, 0.29) is 12.0 Å². The van der Waals surface area contributed by atoms with Gasteiger partial charge >= 0.3 is 0 Å². The zero-order valence-electron chi connectivity index (χ0n) is 16.0.